The molecule has 7 nitrogen and oxygen atoms in total. The second-order valence-corrected chi connectivity index (χ2v) is 7.71. The van der Waals surface area contributed by atoms with Crippen molar-refractivity contribution >= 4 is 10.2 Å². The summed E-state index contributed by atoms with van der Waals surface area (Å²) in [5.74, 6) is 0.796. The Bertz CT molecular complexity index is 562. The molecular formula is C13H24N4O3S. The fraction of sp³-hybridized carbons (Fsp3) is 0.769. The van der Waals surface area contributed by atoms with Crippen LogP contribution in [-0.2, 0) is 16.8 Å². The van der Waals surface area contributed by atoms with Gasteiger partial charge in [-0.25, -0.2) is 0 Å². The molecule has 0 aliphatic carbocycles. The normalized spacial score (nSPS) is 18.8. The number of rotatable bonds is 5. The van der Waals surface area contributed by atoms with Crippen LogP contribution in [0, 0.1) is 6.92 Å². The molecule has 1 aromatic heterocycles. The van der Waals surface area contributed by atoms with Gasteiger partial charge < -0.3 is 4.52 Å². The highest BCUT2D eigenvalue weighted by molar-refractivity contribution is 7.86. The lowest BCUT2D eigenvalue weighted by atomic mass is 10.3. The topological polar surface area (TPSA) is 69.9 Å². The Morgan fingerprint density at radius 1 is 1.33 bits per heavy atom. The van der Waals surface area contributed by atoms with Crippen molar-refractivity contribution in [2.24, 2.45) is 0 Å². The quantitative estimate of drug-likeness (QED) is 0.799. The number of aromatic nitrogens is 1. The van der Waals surface area contributed by atoms with E-state index in [1.807, 2.05) is 26.8 Å². The molecule has 2 heterocycles. The minimum absolute atomic E-state index is 0.0360. The van der Waals surface area contributed by atoms with Gasteiger partial charge in [0.2, 0.25) is 0 Å². The molecule has 8 heteroatoms. The number of piperazine rings is 1. The minimum Gasteiger partial charge on any atom is -0.361 e. The largest absolute Gasteiger partial charge is 0.361 e. The first kappa shape index (κ1) is 16.4. The molecule has 1 saturated heterocycles. The smallest absolute Gasteiger partial charge is 0.282 e. The molecule has 0 unspecified atom stereocenters. The third-order valence-corrected chi connectivity index (χ3v) is 5.98. The van der Waals surface area contributed by atoms with E-state index in [0.717, 1.165) is 11.5 Å². The summed E-state index contributed by atoms with van der Waals surface area (Å²) in [4.78, 5) is 2.19. The van der Waals surface area contributed by atoms with Crippen molar-refractivity contribution in [2.45, 2.75) is 33.4 Å². The van der Waals surface area contributed by atoms with Gasteiger partial charge in [-0.15, -0.1) is 0 Å². The Hall–Kier alpha value is -0.960. The number of hydrogen-bond donors (Lipinski definition) is 0. The van der Waals surface area contributed by atoms with E-state index in [9.17, 15) is 8.42 Å². The molecule has 0 amide bonds. The van der Waals surface area contributed by atoms with Gasteiger partial charge in [0, 0.05) is 51.9 Å². The number of nitrogens with zero attached hydrogens (tertiary/aromatic N) is 4. The highest BCUT2D eigenvalue weighted by atomic mass is 32.2. The Labute approximate surface area is 126 Å². The summed E-state index contributed by atoms with van der Waals surface area (Å²) in [7, 11) is -1.72. The predicted molar refractivity (Wildman–Crippen MR) is 79.9 cm³/mol. The zero-order chi connectivity index (χ0) is 15.6. The standard InChI is InChI=1S/C13H24N4O3S/c1-11(2)15(4)21(18,19)17-7-5-16(6-8-17)10-13-9-12(3)20-14-13/h9,11H,5-8,10H2,1-4H3. The third kappa shape index (κ3) is 3.82. The Morgan fingerprint density at radius 3 is 2.43 bits per heavy atom. The third-order valence-electron chi connectivity index (χ3n) is 3.81. The molecule has 1 aromatic rings. The van der Waals surface area contributed by atoms with Gasteiger partial charge in [0.25, 0.3) is 10.2 Å². The Morgan fingerprint density at radius 2 is 1.95 bits per heavy atom. The predicted octanol–water partition coefficient (Wildman–Crippen LogP) is 0.686. The van der Waals surface area contributed by atoms with Crippen molar-refractivity contribution in [1.29, 1.82) is 0 Å². The van der Waals surface area contributed by atoms with E-state index in [-0.39, 0.29) is 6.04 Å². The van der Waals surface area contributed by atoms with E-state index >= 15 is 0 Å². The van der Waals surface area contributed by atoms with Crippen LogP contribution in [-0.4, -0.2) is 66.4 Å². The lowest BCUT2D eigenvalue weighted by Crippen LogP contribution is -2.53. The maximum Gasteiger partial charge on any atom is 0.282 e. The van der Waals surface area contributed by atoms with Gasteiger partial charge in [-0.1, -0.05) is 5.16 Å². The zero-order valence-electron chi connectivity index (χ0n) is 13.1. The van der Waals surface area contributed by atoms with Crippen LogP contribution < -0.4 is 0 Å². The molecule has 0 saturated carbocycles. The lowest BCUT2D eigenvalue weighted by molar-refractivity contribution is 0.171. The summed E-state index contributed by atoms with van der Waals surface area (Å²) in [6.07, 6.45) is 0. The Balaban J connectivity index is 1.91. The molecule has 1 aliphatic rings. The zero-order valence-corrected chi connectivity index (χ0v) is 13.9. The molecule has 1 aliphatic heterocycles. The van der Waals surface area contributed by atoms with Gasteiger partial charge in [0.05, 0.1) is 5.69 Å². The van der Waals surface area contributed by atoms with Crippen LogP contribution in [0.1, 0.15) is 25.3 Å². The van der Waals surface area contributed by atoms with Crippen LogP contribution >= 0.6 is 0 Å². The van der Waals surface area contributed by atoms with E-state index in [0.29, 0.717) is 32.7 Å². The number of aryl methyl sites for hydroxylation is 1. The number of hydrogen-bond acceptors (Lipinski definition) is 5. The van der Waals surface area contributed by atoms with E-state index in [1.165, 1.54) is 4.31 Å². The van der Waals surface area contributed by atoms with E-state index in [2.05, 4.69) is 10.1 Å². The average molecular weight is 316 g/mol. The molecule has 0 atom stereocenters. The molecule has 1 fully saturated rings. The van der Waals surface area contributed by atoms with Crippen LogP contribution in [0.5, 0.6) is 0 Å². The molecule has 0 spiro atoms. The molecule has 2 rings (SSSR count). The first-order valence-corrected chi connectivity index (χ1v) is 8.58. The van der Waals surface area contributed by atoms with Crippen molar-refractivity contribution in [3.05, 3.63) is 17.5 Å². The first-order chi connectivity index (χ1) is 9.80. The highest BCUT2D eigenvalue weighted by Gasteiger charge is 2.31. The molecule has 0 aromatic carbocycles. The van der Waals surface area contributed by atoms with Crippen molar-refractivity contribution < 1.29 is 12.9 Å². The summed E-state index contributed by atoms with van der Waals surface area (Å²) >= 11 is 0. The first-order valence-electron chi connectivity index (χ1n) is 7.18. The maximum atomic E-state index is 12.4. The van der Waals surface area contributed by atoms with Crippen molar-refractivity contribution in [2.75, 3.05) is 33.2 Å². The summed E-state index contributed by atoms with van der Waals surface area (Å²) in [6.45, 7) is 8.75. The lowest BCUT2D eigenvalue weighted by Gasteiger charge is -2.36. The highest BCUT2D eigenvalue weighted by Crippen LogP contribution is 2.15. The SMILES string of the molecule is Cc1cc(CN2CCN(S(=O)(=O)N(C)C(C)C)CC2)no1. The van der Waals surface area contributed by atoms with Crippen LogP contribution in [0.4, 0.5) is 0 Å². The van der Waals surface area contributed by atoms with E-state index in [4.69, 9.17) is 4.52 Å². The van der Waals surface area contributed by atoms with Crippen LogP contribution in [0.15, 0.2) is 10.6 Å². The molecule has 0 radical (unpaired) electrons. The van der Waals surface area contributed by atoms with E-state index < -0.39 is 10.2 Å². The second kappa shape index (κ2) is 6.43. The molecule has 21 heavy (non-hydrogen) atoms. The van der Waals surface area contributed by atoms with Crippen molar-refractivity contribution in [3.63, 3.8) is 0 Å². The summed E-state index contributed by atoms with van der Waals surface area (Å²) in [5, 5.41) is 3.97. The fourth-order valence-corrected chi connectivity index (χ4v) is 3.81. The van der Waals surface area contributed by atoms with Crippen molar-refractivity contribution in [1.82, 2.24) is 18.7 Å². The van der Waals surface area contributed by atoms with Gasteiger partial charge in [0.15, 0.2) is 0 Å². The Kier molecular flexibility index (Phi) is 5.03. The minimum atomic E-state index is -3.35. The van der Waals surface area contributed by atoms with E-state index in [1.54, 1.807) is 11.4 Å². The van der Waals surface area contributed by atoms with Gasteiger partial charge in [-0.3, -0.25) is 4.90 Å². The van der Waals surface area contributed by atoms with Crippen LogP contribution in [0.3, 0.4) is 0 Å². The molecular weight excluding hydrogens is 292 g/mol. The summed E-state index contributed by atoms with van der Waals surface area (Å²) in [6, 6.07) is 1.88. The van der Waals surface area contributed by atoms with Gasteiger partial charge in [0.1, 0.15) is 5.76 Å². The van der Waals surface area contributed by atoms with Gasteiger partial charge in [-0.2, -0.15) is 17.0 Å². The van der Waals surface area contributed by atoms with Crippen LogP contribution in [0.25, 0.3) is 0 Å². The average Bonchev–Trinajstić information content (AvgIpc) is 2.83. The van der Waals surface area contributed by atoms with Gasteiger partial charge in [-0.05, 0) is 20.8 Å². The summed E-state index contributed by atoms with van der Waals surface area (Å²) < 4.78 is 32.8. The molecule has 0 bridgehead atoms. The van der Waals surface area contributed by atoms with Gasteiger partial charge >= 0.3 is 0 Å². The maximum absolute atomic E-state index is 12.4. The van der Waals surface area contributed by atoms with Crippen molar-refractivity contribution in [3.8, 4) is 0 Å². The van der Waals surface area contributed by atoms with Crippen LogP contribution in [0.2, 0.25) is 0 Å². The molecule has 120 valence electrons. The summed E-state index contributed by atoms with van der Waals surface area (Å²) in [5.41, 5.74) is 0.892. The monoisotopic (exact) mass is 316 g/mol. The fourth-order valence-electron chi connectivity index (χ4n) is 2.29. The second-order valence-electron chi connectivity index (χ2n) is 5.72. The molecule has 0 N–H and O–H groups in total.